The van der Waals surface area contributed by atoms with Gasteiger partial charge in [-0.25, -0.2) is 4.79 Å². The van der Waals surface area contributed by atoms with Crippen molar-refractivity contribution in [2.75, 3.05) is 13.7 Å². The zero-order chi connectivity index (χ0) is 34.1. The minimum Gasteiger partial charge on any atom is -0.453 e. The molecular weight excluding hydrogens is 627 g/mol. The van der Waals surface area contributed by atoms with Gasteiger partial charge < -0.3 is 23.7 Å². The number of carbonyl (C=O) groups excluding carboxylic acids is 3. The molecule has 0 saturated carbocycles. The van der Waals surface area contributed by atoms with E-state index in [2.05, 4.69) is 20.8 Å². The topological polar surface area (TPSA) is 112 Å². The van der Waals surface area contributed by atoms with Gasteiger partial charge in [-0.1, -0.05) is 112 Å². The molecule has 248 valence electrons. The van der Waals surface area contributed by atoms with Crippen molar-refractivity contribution >= 4 is 36.5 Å². The van der Waals surface area contributed by atoms with Crippen molar-refractivity contribution in [3.05, 3.63) is 132 Å². The van der Waals surface area contributed by atoms with E-state index in [4.69, 9.17) is 18.6 Å². The molecule has 0 spiro atoms. The predicted octanol–water partition coefficient (Wildman–Crippen LogP) is 4.19. The first-order valence-corrected chi connectivity index (χ1v) is 17.8. The monoisotopic (exact) mass is 665 g/mol. The normalized spacial score (nSPS) is 22.8. The molecule has 1 saturated heterocycles. The third kappa shape index (κ3) is 5.80. The number of hydrogen-bond donors (Lipinski definition) is 1. The first-order chi connectivity index (χ1) is 23.1. The van der Waals surface area contributed by atoms with E-state index < -0.39 is 68.4 Å². The van der Waals surface area contributed by atoms with Crippen LogP contribution in [-0.2, 0) is 18.6 Å². The van der Waals surface area contributed by atoms with Crippen molar-refractivity contribution in [1.82, 2.24) is 4.90 Å². The number of benzene rings is 4. The van der Waals surface area contributed by atoms with Crippen LogP contribution in [0.3, 0.4) is 0 Å². The number of esters is 1. The molecule has 2 amide bonds. The van der Waals surface area contributed by atoms with Gasteiger partial charge in [0.1, 0.15) is 18.2 Å². The summed E-state index contributed by atoms with van der Waals surface area (Å²) in [6.45, 7) is 5.73. The third-order valence-electron chi connectivity index (χ3n) is 9.13. The highest BCUT2D eigenvalue weighted by Gasteiger charge is 2.60. The average molecular weight is 666 g/mol. The second-order valence-electron chi connectivity index (χ2n) is 13.0. The van der Waals surface area contributed by atoms with Gasteiger partial charge in [-0.05, 0) is 39.7 Å². The quantitative estimate of drug-likeness (QED) is 0.161. The third-order valence-corrected chi connectivity index (χ3v) is 14.2. The fourth-order valence-corrected chi connectivity index (χ4v) is 11.6. The van der Waals surface area contributed by atoms with Crippen molar-refractivity contribution < 1.29 is 38.1 Å². The summed E-state index contributed by atoms with van der Waals surface area (Å²) in [4.78, 5) is 43.1. The van der Waals surface area contributed by atoms with Gasteiger partial charge in [0.25, 0.3) is 20.1 Å². The van der Waals surface area contributed by atoms with Gasteiger partial charge in [0, 0.05) is 7.11 Å². The Bertz CT molecular complexity index is 1690. The summed E-state index contributed by atoms with van der Waals surface area (Å²) in [5.41, 5.74) is 0.761. The number of nitrogens with zero attached hydrogens (tertiary/aromatic N) is 1. The lowest BCUT2D eigenvalue weighted by molar-refractivity contribution is -0.268. The maximum Gasteiger partial charge on any atom is 0.338 e. The lowest BCUT2D eigenvalue weighted by Crippen LogP contribution is -2.74. The van der Waals surface area contributed by atoms with Gasteiger partial charge in [-0.2, -0.15) is 0 Å². The van der Waals surface area contributed by atoms with E-state index in [0.717, 1.165) is 15.3 Å². The Labute approximate surface area is 281 Å². The van der Waals surface area contributed by atoms with Crippen LogP contribution in [0.1, 0.15) is 51.8 Å². The van der Waals surface area contributed by atoms with Gasteiger partial charge >= 0.3 is 5.97 Å². The number of methoxy groups -OCH3 is 1. The summed E-state index contributed by atoms with van der Waals surface area (Å²) < 4.78 is 25.9. The zero-order valence-electron chi connectivity index (χ0n) is 27.3. The molecule has 0 radical (unpaired) electrons. The first kappa shape index (κ1) is 33.4. The van der Waals surface area contributed by atoms with Gasteiger partial charge in [0.15, 0.2) is 12.4 Å². The van der Waals surface area contributed by atoms with E-state index in [9.17, 15) is 19.5 Å². The Balaban J connectivity index is 1.58. The Morgan fingerprint density at radius 2 is 1.25 bits per heavy atom. The Hall–Kier alpha value is -4.45. The molecule has 1 N–H and O–H groups in total. The highest BCUT2D eigenvalue weighted by Crippen LogP contribution is 2.42. The van der Waals surface area contributed by atoms with Gasteiger partial charge in [-0.15, -0.1) is 0 Å². The summed E-state index contributed by atoms with van der Waals surface area (Å²) >= 11 is 0. The molecule has 10 heteroatoms. The first-order valence-electron chi connectivity index (χ1n) is 15.9. The summed E-state index contributed by atoms with van der Waals surface area (Å²) in [6.07, 6.45) is -4.79. The number of ether oxygens (including phenoxy) is 3. The van der Waals surface area contributed by atoms with Crippen LogP contribution in [0.2, 0.25) is 5.04 Å². The highest BCUT2D eigenvalue weighted by molar-refractivity contribution is 6.99. The standard InChI is InChI=1S/C38H39NO8Si/c1-38(2,3)48(26-18-10-6-11-19-26,27-20-12-7-13-21-27)47-33-31(39-34(41)28-22-14-15-23-29(28)35(39)42)37(44-4)45-30(24-40)32(33)46-36(43)25-16-8-5-9-17-25/h5-23,30-33,37,40H,24H2,1-4H3/t30-,31-,32-,33-,37-/m1/s1. The van der Waals surface area contributed by atoms with Crippen LogP contribution in [-0.4, -0.2) is 80.5 Å². The molecule has 2 aliphatic heterocycles. The zero-order valence-corrected chi connectivity index (χ0v) is 28.3. The largest absolute Gasteiger partial charge is 0.453 e. The average Bonchev–Trinajstić information content (AvgIpc) is 3.36. The summed E-state index contributed by atoms with van der Waals surface area (Å²) in [7, 11) is -2.04. The number of fused-ring (bicyclic) bond motifs is 1. The molecule has 48 heavy (non-hydrogen) atoms. The van der Waals surface area contributed by atoms with Crippen molar-refractivity contribution in [3.8, 4) is 0 Å². The predicted molar refractivity (Wildman–Crippen MR) is 182 cm³/mol. The summed E-state index contributed by atoms with van der Waals surface area (Å²) in [5.74, 6) is -1.76. The smallest absolute Gasteiger partial charge is 0.338 e. The Morgan fingerprint density at radius 3 is 1.71 bits per heavy atom. The van der Waals surface area contributed by atoms with Gasteiger partial charge in [0.05, 0.1) is 23.3 Å². The lowest BCUT2D eigenvalue weighted by atomic mass is 9.95. The molecule has 4 aromatic carbocycles. The van der Waals surface area contributed by atoms with Crippen molar-refractivity contribution in [2.24, 2.45) is 0 Å². The minimum atomic E-state index is -3.44. The molecule has 9 nitrogen and oxygen atoms in total. The van der Waals surface area contributed by atoms with Crippen molar-refractivity contribution in [2.45, 2.75) is 56.5 Å². The Morgan fingerprint density at radius 1 is 0.771 bits per heavy atom. The number of aliphatic hydroxyl groups excluding tert-OH is 1. The maximum atomic E-state index is 14.1. The molecule has 0 unspecified atom stereocenters. The molecule has 2 heterocycles. The molecule has 5 atom stereocenters. The van der Waals surface area contributed by atoms with E-state index in [1.807, 2.05) is 60.7 Å². The molecule has 1 fully saturated rings. The van der Waals surface area contributed by atoms with E-state index in [1.54, 1.807) is 54.6 Å². The minimum absolute atomic E-state index is 0.240. The second kappa shape index (κ2) is 13.6. The van der Waals surface area contributed by atoms with Crippen LogP contribution in [0.25, 0.3) is 0 Å². The second-order valence-corrected chi connectivity index (χ2v) is 17.2. The lowest BCUT2D eigenvalue weighted by Gasteiger charge is -2.52. The van der Waals surface area contributed by atoms with Crippen molar-refractivity contribution in [1.29, 1.82) is 0 Å². The van der Waals surface area contributed by atoms with Crippen LogP contribution in [0.5, 0.6) is 0 Å². The van der Waals surface area contributed by atoms with E-state index in [1.165, 1.54) is 7.11 Å². The fraction of sp³-hybridized carbons (Fsp3) is 0.289. The van der Waals surface area contributed by atoms with Crippen molar-refractivity contribution in [3.63, 3.8) is 0 Å². The SMILES string of the molecule is CO[C@@H]1O[C@H](CO)[C@@H](OC(=O)c2ccccc2)[C@H](O[Si](c2ccccc2)(c2ccccc2)C(C)(C)C)[C@H]1N1C(=O)c2ccccc2C1=O. The van der Waals surface area contributed by atoms with E-state index >= 15 is 0 Å². The summed E-state index contributed by atoms with van der Waals surface area (Å²) in [5, 5.41) is 12.0. The molecule has 2 aliphatic rings. The molecule has 6 rings (SSSR count). The van der Waals surface area contributed by atoms with Crippen LogP contribution in [0.15, 0.2) is 115 Å². The number of carbonyl (C=O) groups is 3. The molecule has 0 aromatic heterocycles. The number of hydrogen-bond acceptors (Lipinski definition) is 8. The van der Waals surface area contributed by atoms with Gasteiger partial charge in [-0.3, -0.25) is 14.5 Å². The number of imide groups is 1. The van der Waals surface area contributed by atoms with Crippen LogP contribution >= 0.6 is 0 Å². The van der Waals surface area contributed by atoms with Crippen LogP contribution in [0.4, 0.5) is 0 Å². The molecular formula is C38H39NO8Si. The van der Waals surface area contributed by atoms with E-state index in [-0.39, 0.29) is 16.7 Å². The molecule has 0 bridgehead atoms. The number of aliphatic hydroxyl groups is 1. The Kier molecular flexibility index (Phi) is 9.46. The molecule has 4 aromatic rings. The number of amides is 2. The van der Waals surface area contributed by atoms with Crippen LogP contribution < -0.4 is 10.4 Å². The van der Waals surface area contributed by atoms with Gasteiger partial charge in [0.2, 0.25) is 0 Å². The fourth-order valence-electron chi connectivity index (χ4n) is 6.92. The summed E-state index contributed by atoms with van der Waals surface area (Å²) in [6, 6.07) is 33.6. The van der Waals surface area contributed by atoms with E-state index in [0.29, 0.717) is 0 Å². The maximum absolute atomic E-state index is 14.1. The highest BCUT2D eigenvalue weighted by atomic mass is 28.4. The van der Waals surface area contributed by atoms with Crippen LogP contribution in [0, 0.1) is 0 Å². The number of rotatable bonds is 9. The molecule has 0 aliphatic carbocycles.